The maximum atomic E-state index is 12.4. The number of carbonyl (C=O) groups is 1. The van der Waals surface area contributed by atoms with E-state index < -0.39 is 0 Å². The van der Waals surface area contributed by atoms with E-state index in [-0.39, 0.29) is 18.3 Å². The lowest BCUT2D eigenvalue weighted by molar-refractivity contribution is 0.0922. The van der Waals surface area contributed by atoms with Gasteiger partial charge in [-0.25, -0.2) is 4.68 Å². The Morgan fingerprint density at radius 2 is 1.86 bits per heavy atom. The highest BCUT2D eigenvalue weighted by atomic mass is 35.5. The monoisotopic (exact) mass is 327 g/mol. The Hall–Kier alpha value is -1.14. The lowest BCUT2D eigenvalue weighted by atomic mass is 9.95. The number of piperidine rings is 1. The van der Waals surface area contributed by atoms with E-state index in [0.29, 0.717) is 17.8 Å². The minimum absolute atomic E-state index is 0. The van der Waals surface area contributed by atoms with Crippen LogP contribution in [0.25, 0.3) is 0 Å². The van der Waals surface area contributed by atoms with Crippen LogP contribution >= 0.6 is 12.4 Å². The fourth-order valence-electron chi connectivity index (χ4n) is 3.45. The first-order valence-corrected chi connectivity index (χ1v) is 8.19. The first kappa shape index (κ1) is 17.2. The van der Waals surface area contributed by atoms with Gasteiger partial charge in [-0.05, 0) is 45.7 Å². The quantitative estimate of drug-likeness (QED) is 0.890. The molecule has 22 heavy (non-hydrogen) atoms. The van der Waals surface area contributed by atoms with Gasteiger partial charge < -0.3 is 10.6 Å². The second kappa shape index (κ2) is 7.92. The SMILES string of the molecule is Cc1c(C(=O)NC2CCCCC2)nnn1C1CCNCC1.Cl. The number of carbonyl (C=O) groups excluding carboxylic acids is 1. The Bertz CT molecular complexity index is 492. The number of nitrogens with one attached hydrogen (secondary N) is 2. The number of hydrogen-bond donors (Lipinski definition) is 2. The third kappa shape index (κ3) is 3.79. The van der Waals surface area contributed by atoms with Crippen molar-refractivity contribution in [3.8, 4) is 0 Å². The zero-order chi connectivity index (χ0) is 14.7. The van der Waals surface area contributed by atoms with Gasteiger partial charge in [0.05, 0.1) is 11.7 Å². The van der Waals surface area contributed by atoms with Crippen molar-refractivity contribution in [3.63, 3.8) is 0 Å². The van der Waals surface area contributed by atoms with Crippen LogP contribution < -0.4 is 10.6 Å². The summed E-state index contributed by atoms with van der Waals surface area (Å²) >= 11 is 0. The lowest BCUT2D eigenvalue weighted by Gasteiger charge is -2.24. The number of rotatable bonds is 3. The normalized spacial score (nSPS) is 20.4. The zero-order valence-electron chi connectivity index (χ0n) is 13.2. The molecular formula is C15H26ClN5O. The molecule has 124 valence electrons. The second-order valence-corrected chi connectivity index (χ2v) is 6.26. The van der Waals surface area contributed by atoms with Crippen molar-refractivity contribution in [1.29, 1.82) is 0 Å². The second-order valence-electron chi connectivity index (χ2n) is 6.26. The number of aromatic nitrogens is 3. The summed E-state index contributed by atoms with van der Waals surface area (Å²) in [5.41, 5.74) is 1.40. The molecule has 1 aromatic rings. The minimum Gasteiger partial charge on any atom is -0.348 e. The largest absolute Gasteiger partial charge is 0.348 e. The van der Waals surface area contributed by atoms with Crippen molar-refractivity contribution in [1.82, 2.24) is 25.6 Å². The summed E-state index contributed by atoms with van der Waals surface area (Å²) in [4.78, 5) is 12.4. The van der Waals surface area contributed by atoms with Gasteiger partial charge >= 0.3 is 0 Å². The predicted octanol–water partition coefficient (Wildman–Crippen LogP) is 2.00. The van der Waals surface area contributed by atoms with Gasteiger partial charge in [-0.3, -0.25) is 4.79 Å². The zero-order valence-corrected chi connectivity index (χ0v) is 14.0. The van der Waals surface area contributed by atoms with E-state index in [0.717, 1.165) is 44.5 Å². The van der Waals surface area contributed by atoms with Crippen molar-refractivity contribution in [2.45, 2.75) is 64.0 Å². The Morgan fingerprint density at radius 1 is 1.18 bits per heavy atom. The molecule has 0 unspecified atom stereocenters. The highest BCUT2D eigenvalue weighted by molar-refractivity contribution is 5.93. The van der Waals surface area contributed by atoms with E-state index in [1.807, 2.05) is 11.6 Å². The molecule has 1 saturated heterocycles. The van der Waals surface area contributed by atoms with Crippen LogP contribution in [-0.2, 0) is 0 Å². The maximum absolute atomic E-state index is 12.4. The molecule has 0 radical (unpaired) electrons. The molecule has 1 amide bonds. The molecule has 0 atom stereocenters. The van der Waals surface area contributed by atoms with E-state index in [2.05, 4.69) is 20.9 Å². The summed E-state index contributed by atoms with van der Waals surface area (Å²) in [7, 11) is 0. The van der Waals surface area contributed by atoms with Crippen LogP contribution in [0.5, 0.6) is 0 Å². The minimum atomic E-state index is -0.0559. The highest BCUT2D eigenvalue weighted by Gasteiger charge is 2.24. The summed E-state index contributed by atoms with van der Waals surface area (Å²) in [5, 5.41) is 14.8. The first-order valence-electron chi connectivity index (χ1n) is 8.19. The highest BCUT2D eigenvalue weighted by Crippen LogP contribution is 2.21. The molecule has 0 aromatic carbocycles. The third-order valence-electron chi connectivity index (χ3n) is 4.74. The Balaban J connectivity index is 0.00000176. The molecule has 0 spiro atoms. The average Bonchev–Trinajstić information content (AvgIpc) is 2.91. The molecule has 1 aromatic heterocycles. The molecule has 2 fully saturated rings. The summed E-state index contributed by atoms with van der Waals surface area (Å²) in [6.07, 6.45) is 8.00. The van der Waals surface area contributed by atoms with E-state index >= 15 is 0 Å². The Kier molecular flexibility index (Phi) is 6.20. The van der Waals surface area contributed by atoms with Crippen LogP contribution in [-0.4, -0.2) is 40.0 Å². The fourth-order valence-corrected chi connectivity index (χ4v) is 3.45. The Labute approximate surface area is 137 Å². The molecule has 2 heterocycles. The van der Waals surface area contributed by atoms with Crippen LogP contribution in [0.15, 0.2) is 0 Å². The van der Waals surface area contributed by atoms with Gasteiger partial charge in [0.25, 0.3) is 5.91 Å². The van der Waals surface area contributed by atoms with Crippen LogP contribution in [0.4, 0.5) is 0 Å². The smallest absolute Gasteiger partial charge is 0.273 e. The molecule has 7 heteroatoms. The molecule has 2 N–H and O–H groups in total. The van der Waals surface area contributed by atoms with Crippen LogP contribution in [0, 0.1) is 6.92 Å². The first-order chi connectivity index (χ1) is 10.3. The molecule has 1 aliphatic carbocycles. The van der Waals surface area contributed by atoms with Crippen LogP contribution in [0.1, 0.15) is 67.2 Å². The fraction of sp³-hybridized carbons (Fsp3) is 0.800. The van der Waals surface area contributed by atoms with Crippen molar-refractivity contribution in [2.24, 2.45) is 0 Å². The Morgan fingerprint density at radius 3 is 2.55 bits per heavy atom. The third-order valence-corrected chi connectivity index (χ3v) is 4.74. The van der Waals surface area contributed by atoms with Crippen molar-refractivity contribution in [2.75, 3.05) is 13.1 Å². The lowest BCUT2D eigenvalue weighted by Crippen LogP contribution is -2.36. The number of halogens is 1. The maximum Gasteiger partial charge on any atom is 0.273 e. The summed E-state index contributed by atoms with van der Waals surface area (Å²) in [6.45, 7) is 3.97. The van der Waals surface area contributed by atoms with Crippen LogP contribution in [0.3, 0.4) is 0 Å². The van der Waals surface area contributed by atoms with E-state index in [1.165, 1.54) is 19.3 Å². The van der Waals surface area contributed by atoms with Gasteiger partial charge in [0.15, 0.2) is 5.69 Å². The number of amides is 1. The summed E-state index contributed by atoms with van der Waals surface area (Å²) < 4.78 is 1.94. The molecule has 1 aliphatic heterocycles. The van der Waals surface area contributed by atoms with E-state index in [1.54, 1.807) is 0 Å². The molecule has 3 rings (SSSR count). The van der Waals surface area contributed by atoms with Crippen molar-refractivity contribution < 1.29 is 4.79 Å². The van der Waals surface area contributed by atoms with Gasteiger partial charge in [-0.15, -0.1) is 17.5 Å². The number of hydrogen-bond acceptors (Lipinski definition) is 4. The van der Waals surface area contributed by atoms with E-state index in [4.69, 9.17) is 0 Å². The summed E-state index contributed by atoms with van der Waals surface area (Å²) in [5.74, 6) is -0.0559. The van der Waals surface area contributed by atoms with Crippen LogP contribution in [0.2, 0.25) is 0 Å². The molecular weight excluding hydrogens is 302 g/mol. The topological polar surface area (TPSA) is 71.8 Å². The average molecular weight is 328 g/mol. The molecule has 0 bridgehead atoms. The number of nitrogens with zero attached hydrogens (tertiary/aromatic N) is 3. The van der Waals surface area contributed by atoms with Crippen molar-refractivity contribution >= 4 is 18.3 Å². The van der Waals surface area contributed by atoms with Gasteiger partial charge in [0.1, 0.15) is 0 Å². The van der Waals surface area contributed by atoms with E-state index in [9.17, 15) is 4.79 Å². The predicted molar refractivity (Wildman–Crippen MR) is 87.5 cm³/mol. The van der Waals surface area contributed by atoms with Gasteiger partial charge in [-0.1, -0.05) is 24.5 Å². The molecule has 2 aliphatic rings. The molecule has 1 saturated carbocycles. The summed E-state index contributed by atoms with van der Waals surface area (Å²) in [6, 6.07) is 0.685. The van der Waals surface area contributed by atoms with Crippen molar-refractivity contribution in [3.05, 3.63) is 11.4 Å². The van der Waals surface area contributed by atoms with Gasteiger partial charge in [0.2, 0.25) is 0 Å². The standard InChI is InChI=1S/C15H25N5O.ClH/c1-11-14(15(21)17-12-5-3-2-4-6-12)18-19-20(11)13-7-9-16-10-8-13;/h12-13,16H,2-10H2,1H3,(H,17,21);1H. The molecule has 6 nitrogen and oxygen atoms in total. The van der Waals surface area contributed by atoms with Gasteiger partial charge in [0, 0.05) is 6.04 Å². The van der Waals surface area contributed by atoms with Gasteiger partial charge in [-0.2, -0.15) is 0 Å².